The van der Waals surface area contributed by atoms with E-state index in [1.165, 1.54) is 0 Å². The van der Waals surface area contributed by atoms with Crippen LogP contribution in [0.4, 0.5) is 4.79 Å². The van der Waals surface area contributed by atoms with E-state index in [1.807, 2.05) is 38.1 Å². The molecule has 0 saturated heterocycles. The minimum atomic E-state index is -0.525. The first-order valence-electron chi connectivity index (χ1n) is 6.02. The molecule has 1 rings (SSSR count). The highest BCUT2D eigenvalue weighted by Gasteiger charge is 2.21. The molecule has 18 heavy (non-hydrogen) atoms. The van der Waals surface area contributed by atoms with Gasteiger partial charge >= 0.3 is 5.37 Å². The molecule has 0 spiro atoms. The highest BCUT2D eigenvalue weighted by Crippen LogP contribution is 2.25. The van der Waals surface area contributed by atoms with E-state index in [1.54, 1.807) is 0 Å². The van der Waals surface area contributed by atoms with Gasteiger partial charge in [-0.1, -0.05) is 26.0 Å². The summed E-state index contributed by atoms with van der Waals surface area (Å²) in [6.07, 6.45) is 0.166. The van der Waals surface area contributed by atoms with E-state index in [9.17, 15) is 4.79 Å². The van der Waals surface area contributed by atoms with Gasteiger partial charge in [0, 0.05) is 12.0 Å². The first kappa shape index (κ1) is 14.8. The van der Waals surface area contributed by atoms with Gasteiger partial charge in [0.05, 0.1) is 6.10 Å². The second-order valence-corrected chi connectivity index (χ2v) is 5.55. The Hall–Kier alpha value is -1.22. The molecule has 0 aromatic heterocycles. The van der Waals surface area contributed by atoms with E-state index in [0.717, 1.165) is 11.3 Å². The molecular weight excluding hydrogens is 250 g/mol. The molecule has 1 amide bonds. The maximum absolute atomic E-state index is 10.7. The summed E-state index contributed by atoms with van der Waals surface area (Å²) < 4.78 is 5.59. The molecule has 0 atom stereocenters. The Labute approximate surface area is 113 Å². The molecule has 0 saturated carbocycles. The topological polar surface area (TPSA) is 38.3 Å². The Morgan fingerprint density at radius 2 is 1.89 bits per heavy atom. The molecule has 100 valence electrons. The smallest absolute Gasteiger partial charge is 0.313 e. The fourth-order valence-corrected chi connectivity index (χ4v) is 1.72. The van der Waals surface area contributed by atoms with Gasteiger partial charge < -0.3 is 10.1 Å². The van der Waals surface area contributed by atoms with Crippen LogP contribution in [0.2, 0.25) is 0 Å². The Morgan fingerprint density at radius 1 is 1.33 bits per heavy atom. The average molecular weight is 270 g/mol. The lowest BCUT2D eigenvalue weighted by Crippen LogP contribution is -2.34. The fourth-order valence-electron chi connectivity index (χ4n) is 1.65. The first-order valence-corrected chi connectivity index (χ1v) is 6.39. The maximum Gasteiger partial charge on any atom is 0.313 e. The Morgan fingerprint density at radius 3 is 2.33 bits per heavy atom. The number of nitrogens with one attached hydrogen (secondary N) is 1. The molecule has 0 aliphatic heterocycles. The molecule has 1 N–H and O–H groups in total. The third-order valence-corrected chi connectivity index (χ3v) is 2.81. The molecule has 1 aromatic rings. The highest BCUT2D eigenvalue weighted by molar-refractivity contribution is 6.62. The lowest BCUT2D eigenvalue weighted by molar-refractivity contribution is 0.242. The third-order valence-electron chi connectivity index (χ3n) is 2.68. The van der Waals surface area contributed by atoms with Gasteiger partial charge in [0.25, 0.3) is 0 Å². The molecule has 0 aliphatic rings. The quantitative estimate of drug-likeness (QED) is 0.654. The number of benzene rings is 1. The largest absolute Gasteiger partial charge is 0.491 e. The molecular formula is C14H20ClNO2. The van der Waals surface area contributed by atoms with Crippen molar-refractivity contribution in [3.63, 3.8) is 0 Å². The minimum absolute atomic E-state index is 0.166. The summed E-state index contributed by atoms with van der Waals surface area (Å²) in [5.41, 5.74) is 0.963. The van der Waals surface area contributed by atoms with E-state index >= 15 is 0 Å². The molecule has 0 unspecified atom stereocenters. The zero-order chi connectivity index (χ0) is 13.8. The van der Waals surface area contributed by atoms with Gasteiger partial charge in [0.2, 0.25) is 0 Å². The second kappa shape index (κ2) is 6.10. The zero-order valence-corrected chi connectivity index (χ0v) is 12.0. The standard InChI is InChI=1S/C14H20ClNO2/c1-10(2)18-12-7-5-11(6-8-12)14(3,4)9-16-13(15)17/h5-8,10H,9H2,1-4H3,(H,16,17). The number of ether oxygens (including phenoxy) is 1. The van der Waals surface area contributed by atoms with E-state index in [4.69, 9.17) is 16.3 Å². The minimum Gasteiger partial charge on any atom is -0.491 e. The van der Waals surface area contributed by atoms with Crippen LogP contribution < -0.4 is 10.1 Å². The van der Waals surface area contributed by atoms with E-state index in [-0.39, 0.29) is 11.5 Å². The van der Waals surface area contributed by atoms with Crippen LogP contribution in [-0.2, 0) is 5.41 Å². The second-order valence-electron chi connectivity index (χ2n) is 5.20. The normalized spacial score (nSPS) is 11.4. The highest BCUT2D eigenvalue weighted by atomic mass is 35.5. The molecule has 0 heterocycles. The van der Waals surface area contributed by atoms with Crippen LogP contribution in [0.3, 0.4) is 0 Å². The number of carbonyl (C=O) groups is 1. The summed E-state index contributed by atoms with van der Waals surface area (Å²) in [6.45, 7) is 8.59. The molecule has 0 aliphatic carbocycles. The van der Waals surface area contributed by atoms with Crippen LogP contribution in [0.25, 0.3) is 0 Å². The summed E-state index contributed by atoms with van der Waals surface area (Å²) in [5, 5.41) is 2.10. The number of carbonyl (C=O) groups excluding carboxylic acids is 1. The van der Waals surface area contributed by atoms with Crippen molar-refractivity contribution in [2.24, 2.45) is 0 Å². The van der Waals surface area contributed by atoms with Crippen LogP contribution in [0.1, 0.15) is 33.3 Å². The van der Waals surface area contributed by atoms with Crippen molar-refractivity contribution in [2.45, 2.75) is 39.2 Å². The molecule has 0 fully saturated rings. The number of rotatable bonds is 5. The van der Waals surface area contributed by atoms with Crippen molar-refractivity contribution in [1.29, 1.82) is 0 Å². The molecule has 4 heteroatoms. The number of halogens is 1. The number of hydrogen-bond donors (Lipinski definition) is 1. The van der Waals surface area contributed by atoms with Gasteiger partial charge in [-0.05, 0) is 43.1 Å². The first-order chi connectivity index (χ1) is 8.31. The van der Waals surface area contributed by atoms with Gasteiger partial charge in [0.15, 0.2) is 0 Å². The third kappa shape index (κ3) is 4.57. The Kier molecular flexibility index (Phi) is 5.03. The molecule has 0 bridgehead atoms. The molecule has 3 nitrogen and oxygen atoms in total. The number of hydrogen-bond acceptors (Lipinski definition) is 2. The van der Waals surface area contributed by atoms with Gasteiger partial charge in [-0.3, -0.25) is 4.79 Å². The van der Waals surface area contributed by atoms with E-state index in [0.29, 0.717) is 6.54 Å². The summed E-state index contributed by atoms with van der Waals surface area (Å²) >= 11 is 5.28. The monoisotopic (exact) mass is 269 g/mol. The summed E-state index contributed by atoms with van der Waals surface area (Å²) in [4.78, 5) is 10.7. The van der Waals surface area contributed by atoms with Gasteiger partial charge in [-0.15, -0.1) is 0 Å². The average Bonchev–Trinajstić information content (AvgIpc) is 2.26. The predicted octanol–water partition coefficient (Wildman–Crippen LogP) is 3.70. The Bertz CT molecular complexity index is 399. The summed E-state index contributed by atoms with van der Waals surface area (Å²) in [7, 11) is 0. The van der Waals surface area contributed by atoms with Crippen molar-refractivity contribution >= 4 is 17.0 Å². The summed E-state index contributed by atoms with van der Waals surface area (Å²) in [5.74, 6) is 0.853. The van der Waals surface area contributed by atoms with Crippen LogP contribution in [0.5, 0.6) is 5.75 Å². The van der Waals surface area contributed by atoms with Crippen molar-refractivity contribution in [3.8, 4) is 5.75 Å². The maximum atomic E-state index is 10.7. The van der Waals surface area contributed by atoms with Crippen molar-refractivity contribution in [2.75, 3.05) is 6.54 Å². The lowest BCUT2D eigenvalue weighted by atomic mass is 9.84. The van der Waals surface area contributed by atoms with Crippen molar-refractivity contribution in [1.82, 2.24) is 5.32 Å². The molecule has 0 radical (unpaired) electrons. The SMILES string of the molecule is CC(C)Oc1ccc(C(C)(C)CNC(=O)Cl)cc1. The van der Waals surface area contributed by atoms with Crippen LogP contribution in [0, 0.1) is 0 Å². The van der Waals surface area contributed by atoms with E-state index in [2.05, 4.69) is 19.2 Å². The van der Waals surface area contributed by atoms with Gasteiger partial charge in [0.1, 0.15) is 5.75 Å². The van der Waals surface area contributed by atoms with Crippen molar-refractivity contribution in [3.05, 3.63) is 29.8 Å². The summed E-state index contributed by atoms with van der Waals surface area (Å²) in [6, 6.07) is 7.91. The Balaban J connectivity index is 2.73. The van der Waals surface area contributed by atoms with Crippen LogP contribution in [0.15, 0.2) is 24.3 Å². The van der Waals surface area contributed by atoms with Gasteiger partial charge in [-0.2, -0.15) is 0 Å². The fraction of sp³-hybridized carbons (Fsp3) is 0.500. The van der Waals surface area contributed by atoms with Crippen LogP contribution >= 0.6 is 11.6 Å². The molecule has 1 aromatic carbocycles. The lowest BCUT2D eigenvalue weighted by Gasteiger charge is -2.25. The predicted molar refractivity (Wildman–Crippen MR) is 74.5 cm³/mol. The zero-order valence-electron chi connectivity index (χ0n) is 11.3. The van der Waals surface area contributed by atoms with Crippen molar-refractivity contribution < 1.29 is 9.53 Å². The van der Waals surface area contributed by atoms with E-state index < -0.39 is 5.37 Å². The van der Waals surface area contributed by atoms with Crippen LogP contribution in [-0.4, -0.2) is 18.0 Å². The van der Waals surface area contributed by atoms with Gasteiger partial charge in [-0.25, -0.2) is 0 Å². The number of amides is 1.